The van der Waals surface area contributed by atoms with Gasteiger partial charge < -0.3 is 5.11 Å². The summed E-state index contributed by atoms with van der Waals surface area (Å²) in [5.74, 6) is 0. The van der Waals surface area contributed by atoms with E-state index in [-0.39, 0.29) is 6.10 Å². The number of aryl methyl sites for hydroxylation is 1. The van der Waals surface area contributed by atoms with E-state index in [0.29, 0.717) is 0 Å². The fourth-order valence-electron chi connectivity index (χ4n) is 1.56. The van der Waals surface area contributed by atoms with E-state index in [2.05, 4.69) is 25.6 Å². The highest BCUT2D eigenvalue weighted by molar-refractivity contribution is 5.14. The van der Waals surface area contributed by atoms with Gasteiger partial charge in [-0.25, -0.2) is 0 Å². The Bertz CT molecular complexity index is 289. The fourth-order valence-corrected chi connectivity index (χ4v) is 1.56. The molecule has 0 aliphatic rings. The van der Waals surface area contributed by atoms with Crippen molar-refractivity contribution in [2.45, 2.75) is 38.7 Å². The summed E-state index contributed by atoms with van der Waals surface area (Å²) in [7, 11) is 0. The Hall–Kier alpha value is -1.08. The van der Waals surface area contributed by atoms with Gasteiger partial charge in [-0.3, -0.25) is 0 Å². The highest BCUT2D eigenvalue weighted by Crippen LogP contribution is 2.12. The summed E-state index contributed by atoms with van der Waals surface area (Å²) in [5, 5.41) is 9.75. The molecule has 1 N–H and O–H groups in total. The van der Waals surface area contributed by atoms with E-state index in [9.17, 15) is 5.11 Å². The first-order chi connectivity index (χ1) is 7.22. The monoisotopic (exact) mass is 204 g/mol. The minimum absolute atomic E-state index is 0.238. The van der Waals surface area contributed by atoms with Crippen LogP contribution in [0.4, 0.5) is 0 Å². The number of aliphatic hydroxyl groups excluding tert-OH is 1. The zero-order chi connectivity index (χ0) is 11.1. The predicted molar refractivity (Wildman–Crippen MR) is 64.8 cm³/mol. The first kappa shape index (κ1) is 12.0. The average molecular weight is 204 g/mol. The molecule has 0 amide bonds. The van der Waals surface area contributed by atoms with Gasteiger partial charge in [-0.15, -0.1) is 0 Å². The van der Waals surface area contributed by atoms with E-state index < -0.39 is 0 Å². The number of aliphatic hydroxyl groups is 1. The third kappa shape index (κ3) is 4.80. The molecule has 1 unspecified atom stereocenters. The molecule has 82 valence electrons. The molecule has 1 atom stereocenters. The maximum atomic E-state index is 9.75. The van der Waals surface area contributed by atoms with Crippen LogP contribution in [-0.4, -0.2) is 11.2 Å². The second kappa shape index (κ2) is 6.41. The lowest BCUT2D eigenvalue weighted by atomic mass is 10.0. The highest BCUT2D eigenvalue weighted by atomic mass is 16.3. The van der Waals surface area contributed by atoms with Gasteiger partial charge in [-0.2, -0.15) is 0 Å². The van der Waals surface area contributed by atoms with Crippen LogP contribution < -0.4 is 0 Å². The second-order valence-electron chi connectivity index (χ2n) is 3.99. The van der Waals surface area contributed by atoms with Crippen molar-refractivity contribution in [3.63, 3.8) is 0 Å². The Labute approximate surface area is 92.5 Å². The van der Waals surface area contributed by atoms with Gasteiger partial charge in [-0.1, -0.05) is 49.4 Å². The Morgan fingerprint density at radius 1 is 1.33 bits per heavy atom. The van der Waals surface area contributed by atoms with Crippen LogP contribution >= 0.6 is 0 Å². The van der Waals surface area contributed by atoms with Gasteiger partial charge in [0.25, 0.3) is 0 Å². The van der Waals surface area contributed by atoms with Crippen molar-refractivity contribution >= 4 is 0 Å². The lowest BCUT2D eigenvalue weighted by Gasteiger charge is -2.11. The first-order valence-corrected chi connectivity index (χ1v) is 5.61. The minimum atomic E-state index is -0.238. The summed E-state index contributed by atoms with van der Waals surface area (Å²) < 4.78 is 0. The Morgan fingerprint density at radius 2 is 2.00 bits per heavy atom. The van der Waals surface area contributed by atoms with Crippen LogP contribution in [0.15, 0.2) is 42.5 Å². The minimum Gasteiger partial charge on any atom is -0.393 e. The molecular weight excluding hydrogens is 184 g/mol. The third-order valence-corrected chi connectivity index (χ3v) is 2.63. The van der Waals surface area contributed by atoms with E-state index in [1.54, 1.807) is 0 Å². The van der Waals surface area contributed by atoms with E-state index in [0.717, 1.165) is 31.3 Å². The topological polar surface area (TPSA) is 20.2 Å². The normalized spacial score (nSPS) is 12.4. The van der Waals surface area contributed by atoms with Gasteiger partial charge >= 0.3 is 0 Å². The summed E-state index contributed by atoms with van der Waals surface area (Å²) in [4.78, 5) is 0. The molecule has 1 rings (SSSR count). The molecule has 0 aliphatic carbocycles. The maximum absolute atomic E-state index is 9.75. The van der Waals surface area contributed by atoms with Crippen LogP contribution in [0.5, 0.6) is 0 Å². The molecule has 0 saturated carbocycles. The van der Waals surface area contributed by atoms with Crippen LogP contribution in [-0.2, 0) is 6.42 Å². The van der Waals surface area contributed by atoms with Crippen molar-refractivity contribution in [2.75, 3.05) is 0 Å². The molecule has 0 fully saturated rings. The van der Waals surface area contributed by atoms with E-state index in [1.807, 2.05) is 18.2 Å². The zero-order valence-electron chi connectivity index (χ0n) is 9.45. The molecule has 0 saturated heterocycles. The molecule has 0 radical (unpaired) electrons. The summed E-state index contributed by atoms with van der Waals surface area (Å²) >= 11 is 0. The van der Waals surface area contributed by atoms with Crippen molar-refractivity contribution < 1.29 is 5.11 Å². The second-order valence-corrected chi connectivity index (χ2v) is 3.99. The molecule has 0 bridgehead atoms. The molecule has 0 aliphatic heterocycles. The molecule has 0 aromatic heterocycles. The van der Waals surface area contributed by atoms with E-state index in [4.69, 9.17) is 0 Å². The van der Waals surface area contributed by atoms with Crippen LogP contribution in [0, 0.1) is 0 Å². The smallest absolute Gasteiger partial charge is 0.0580 e. The lowest BCUT2D eigenvalue weighted by Crippen LogP contribution is -2.08. The highest BCUT2D eigenvalue weighted by Gasteiger charge is 2.05. The van der Waals surface area contributed by atoms with Crippen LogP contribution in [0.2, 0.25) is 0 Å². The van der Waals surface area contributed by atoms with Crippen molar-refractivity contribution in [1.29, 1.82) is 0 Å². The first-order valence-electron chi connectivity index (χ1n) is 5.61. The van der Waals surface area contributed by atoms with Gasteiger partial charge in [-0.05, 0) is 31.2 Å². The van der Waals surface area contributed by atoms with Crippen LogP contribution in [0.1, 0.15) is 31.7 Å². The molecule has 1 aromatic rings. The lowest BCUT2D eigenvalue weighted by molar-refractivity contribution is 0.164. The summed E-state index contributed by atoms with van der Waals surface area (Å²) in [5.41, 5.74) is 2.43. The van der Waals surface area contributed by atoms with Crippen LogP contribution in [0.25, 0.3) is 0 Å². The number of hydrogen-bond donors (Lipinski definition) is 1. The third-order valence-electron chi connectivity index (χ3n) is 2.63. The zero-order valence-corrected chi connectivity index (χ0v) is 9.45. The van der Waals surface area contributed by atoms with Crippen LogP contribution in [0.3, 0.4) is 0 Å². The Morgan fingerprint density at radius 3 is 2.60 bits per heavy atom. The largest absolute Gasteiger partial charge is 0.393 e. The maximum Gasteiger partial charge on any atom is 0.0580 e. The average Bonchev–Trinajstić information content (AvgIpc) is 2.27. The molecule has 0 spiro atoms. The molecule has 1 heteroatoms. The summed E-state index contributed by atoms with van der Waals surface area (Å²) in [6.45, 7) is 5.98. The quantitative estimate of drug-likeness (QED) is 0.705. The van der Waals surface area contributed by atoms with Crippen molar-refractivity contribution in [3.8, 4) is 0 Å². The number of rotatable bonds is 6. The SMILES string of the molecule is C=C(CC)CC(O)CCc1ccccc1. The molecule has 1 aromatic carbocycles. The standard InChI is InChI=1S/C14H20O/c1-3-12(2)11-14(15)10-9-13-7-5-4-6-8-13/h4-8,14-15H,2-3,9-11H2,1H3. The van der Waals surface area contributed by atoms with E-state index in [1.165, 1.54) is 5.56 Å². The summed E-state index contributed by atoms with van der Waals surface area (Å²) in [6.07, 6.45) is 3.23. The van der Waals surface area contributed by atoms with Crippen molar-refractivity contribution in [2.24, 2.45) is 0 Å². The van der Waals surface area contributed by atoms with Gasteiger partial charge in [0.05, 0.1) is 6.10 Å². The molecule has 1 nitrogen and oxygen atoms in total. The van der Waals surface area contributed by atoms with Gasteiger partial charge in [0, 0.05) is 0 Å². The molecule has 15 heavy (non-hydrogen) atoms. The summed E-state index contributed by atoms with van der Waals surface area (Å²) in [6, 6.07) is 10.3. The van der Waals surface area contributed by atoms with E-state index >= 15 is 0 Å². The van der Waals surface area contributed by atoms with Crippen molar-refractivity contribution in [1.82, 2.24) is 0 Å². The van der Waals surface area contributed by atoms with Gasteiger partial charge in [0.15, 0.2) is 0 Å². The molecular formula is C14H20O. The fraction of sp³-hybridized carbons (Fsp3) is 0.429. The number of hydrogen-bond acceptors (Lipinski definition) is 1. The van der Waals surface area contributed by atoms with Crippen molar-refractivity contribution in [3.05, 3.63) is 48.0 Å². The van der Waals surface area contributed by atoms with Gasteiger partial charge in [0.2, 0.25) is 0 Å². The predicted octanol–water partition coefficient (Wildman–Crippen LogP) is 3.34. The van der Waals surface area contributed by atoms with Gasteiger partial charge in [0.1, 0.15) is 0 Å². The Balaban J connectivity index is 2.28. The number of benzene rings is 1. The molecule has 0 heterocycles. The Kier molecular flexibility index (Phi) is 5.13.